The van der Waals surface area contributed by atoms with Crippen LogP contribution in [0.2, 0.25) is 5.02 Å². The first-order valence-electron chi connectivity index (χ1n) is 7.08. The van der Waals surface area contributed by atoms with E-state index in [0.29, 0.717) is 6.04 Å². The van der Waals surface area contributed by atoms with E-state index in [1.54, 1.807) is 0 Å². The van der Waals surface area contributed by atoms with Crippen molar-refractivity contribution in [1.29, 1.82) is 0 Å². The Morgan fingerprint density at radius 2 is 2.00 bits per heavy atom. The van der Waals surface area contributed by atoms with Crippen molar-refractivity contribution in [2.75, 3.05) is 13.2 Å². The fraction of sp³-hybridized carbons (Fsp3) is 0.294. The van der Waals surface area contributed by atoms with E-state index in [4.69, 9.17) is 16.3 Å². The first kappa shape index (κ1) is 15.0. The lowest BCUT2D eigenvalue weighted by Crippen LogP contribution is -2.28. The minimum Gasteiger partial charge on any atom is -0.380 e. The summed E-state index contributed by atoms with van der Waals surface area (Å²) in [5, 5.41) is 4.28. The molecule has 0 radical (unpaired) electrons. The van der Waals surface area contributed by atoms with Gasteiger partial charge in [0.15, 0.2) is 0 Å². The van der Waals surface area contributed by atoms with E-state index < -0.39 is 0 Å². The largest absolute Gasteiger partial charge is 0.380 e. The summed E-state index contributed by atoms with van der Waals surface area (Å²) in [6.07, 6.45) is 1.10. The van der Waals surface area contributed by atoms with Crippen LogP contribution in [0.25, 0.3) is 11.1 Å². The maximum Gasteiger partial charge on any atom is 0.0626 e. The monoisotopic (exact) mass is 365 g/mol. The third-order valence-corrected chi connectivity index (χ3v) is 5.04. The van der Waals surface area contributed by atoms with Crippen molar-refractivity contribution in [3.05, 3.63) is 57.5 Å². The van der Waals surface area contributed by atoms with E-state index in [0.717, 1.165) is 46.8 Å². The summed E-state index contributed by atoms with van der Waals surface area (Å²) in [6, 6.07) is 15.0. The first-order valence-corrected chi connectivity index (χ1v) is 8.25. The van der Waals surface area contributed by atoms with Crippen molar-refractivity contribution < 1.29 is 4.74 Å². The molecule has 1 atom stereocenters. The fourth-order valence-electron chi connectivity index (χ4n) is 2.49. The molecular weight excluding hydrogens is 350 g/mol. The topological polar surface area (TPSA) is 21.3 Å². The molecule has 21 heavy (non-hydrogen) atoms. The third kappa shape index (κ3) is 3.67. The van der Waals surface area contributed by atoms with Crippen molar-refractivity contribution in [2.24, 2.45) is 0 Å². The maximum atomic E-state index is 6.34. The Kier molecular flexibility index (Phi) is 4.96. The Morgan fingerprint density at radius 1 is 1.19 bits per heavy atom. The minimum atomic E-state index is 0.490. The van der Waals surface area contributed by atoms with Gasteiger partial charge in [0.05, 0.1) is 11.6 Å². The molecule has 1 aliphatic rings. The summed E-state index contributed by atoms with van der Waals surface area (Å²) < 4.78 is 6.29. The summed E-state index contributed by atoms with van der Waals surface area (Å²) in [7, 11) is 0. The van der Waals surface area contributed by atoms with E-state index in [2.05, 4.69) is 45.5 Å². The third-order valence-electron chi connectivity index (χ3n) is 3.74. The summed E-state index contributed by atoms with van der Waals surface area (Å²) in [6.45, 7) is 2.57. The van der Waals surface area contributed by atoms with Crippen LogP contribution in [-0.4, -0.2) is 19.3 Å². The predicted octanol–water partition coefficient (Wildman–Crippen LogP) is 4.65. The van der Waals surface area contributed by atoms with Crippen molar-refractivity contribution in [3.63, 3.8) is 0 Å². The second kappa shape index (κ2) is 6.93. The van der Waals surface area contributed by atoms with Gasteiger partial charge < -0.3 is 10.1 Å². The second-order valence-corrected chi connectivity index (χ2v) is 6.47. The van der Waals surface area contributed by atoms with Crippen LogP contribution in [0.3, 0.4) is 0 Å². The van der Waals surface area contributed by atoms with Crippen molar-refractivity contribution in [3.8, 4) is 11.1 Å². The Balaban J connectivity index is 1.70. The second-order valence-electron chi connectivity index (χ2n) is 5.24. The molecule has 3 rings (SSSR count). The average Bonchev–Trinajstić information content (AvgIpc) is 3.02. The van der Waals surface area contributed by atoms with Gasteiger partial charge in [0.25, 0.3) is 0 Å². The van der Waals surface area contributed by atoms with Gasteiger partial charge in [-0.05, 0) is 39.5 Å². The van der Waals surface area contributed by atoms with Gasteiger partial charge in [0.2, 0.25) is 0 Å². The molecule has 4 heteroatoms. The van der Waals surface area contributed by atoms with Gasteiger partial charge >= 0.3 is 0 Å². The molecule has 0 bridgehead atoms. The number of hydrogen-bond donors (Lipinski definition) is 1. The first-order chi connectivity index (χ1) is 10.2. The fourth-order valence-corrected chi connectivity index (χ4v) is 3.09. The Morgan fingerprint density at radius 3 is 2.71 bits per heavy atom. The minimum absolute atomic E-state index is 0.490. The molecule has 2 nitrogen and oxygen atoms in total. The van der Waals surface area contributed by atoms with Crippen LogP contribution in [0.4, 0.5) is 0 Å². The summed E-state index contributed by atoms with van der Waals surface area (Å²) in [4.78, 5) is 0. The van der Waals surface area contributed by atoms with Crippen LogP contribution in [0.15, 0.2) is 46.9 Å². The molecular formula is C17H17BrClNO. The number of ether oxygens (including phenoxy) is 1. The summed E-state index contributed by atoms with van der Waals surface area (Å²) >= 11 is 9.81. The van der Waals surface area contributed by atoms with Gasteiger partial charge in [-0.15, -0.1) is 0 Å². The molecule has 1 heterocycles. The van der Waals surface area contributed by atoms with E-state index >= 15 is 0 Å². The van der Waals surface area contributed by atoms with Crippen LogP contribution < -0.4 is 5.32 Å². The lowest BCUT2D eigenvalue weighted by Gasteiger charge is -2.11. The Hall–Kier alpha value is -0.870. The normalized spacial score (nSPS) is 18.1. The van der Waals surface area contributed by atoms with Gasteiger partial charge in [-0.1, -0.05) is 48.0 Å². The molecule has 2 aromatic rings. The molecule has 0 amide bonds. The lowest BCUT2D eigenvalue weighted by atomic mass is 10.0. The van der Waals surface area contributed by atoms with Crippen LogP contribution in [0.5, 0.6) is 0 Å². The molecule has 0 aromatic heterocycles. The summed E-state index contributed by atoms with van der Waals surface area (Å²) in [5.41, 5.74) is 3.46. The average molecular weight is 367 g/mol. The number of halogens is 2. The molecule has 0 aliphatic carbocycles. The van der Waals surface area contributed by atoms with Crippen molar-refractivity contribution in [2.45, 2.75) is 19.0 Å². The number of hydrogen-bond acceptors (Lipinski definition) is 2. The molecule has 1 aliphatic heterocycles. The van der Waals surface area contributed by atoms with Gasteiger partial charge in [-0.3, -0.25) is 0 Å². The molecule has 1 N–H and O–H groups in total. The Bertz CT molecular complexity index is 609. The maximum absolute atomic E-state index is 6.34. The number of nitrogens with one attached hydrogen (secondary N) is 1. The zero-order chi connectivity index (χ0) is 14.7. The zero-order valence-corrected chi connectivity index (χ0v) is 14.0. The van der Waals surface area contributed by atoms with Crippen molar-refractivity contribution >= 4 is 27.5 Å². The molecule has 1 saturated heterocycles. The SMILES string of the molecule is Clc1c(Br)cccc1-c1ccc(CNC2CCOC2)cc1. The molecule has 2 aromatic carbocycles. The van der Waals surface area contributed by atoms with E-state index in [1.165, 1.54) is 5.56 Å². The summed E-state index contributed by atoms with van der Waals surface area (Å²) in [5.74, 6) is 0. The van der Waals surface area contributed by atoms with Crippen LogP contribution in [-0.2, 0) is 11.3 Å². The molecule has 1 fully saturated rings. The molecule has 1 unspecified atom stereocenters. The van der Waals surface area contributed by atoms with Gasteiger partial charge in [-0.25, -0.2) is 0 Å². The van der Waals surface area contributed by atoms with Gasteiger partial charge in [-0.2, -0.15) is 0 Å². The van der Waals surface area contributed by atoms with Crippen LogP contribution in [0.1, 0.15) is 12.0 Å². The van der Waals surface area contributed by atoms with E-state index in [9.17, 15) is 0 Å². The lowest BCUT2D eigenvalue weighted by molar-refractivity contribution is 0.190. The van der Waals surface area contributed by atoms with Crippen LogP contribution >= 0.6 is 27.5 Å². The zero-order valence-electron chi connectivity index (χ0n) is 11.6. The number of rotatable bonds is 4. The highest BCUT2D eigenvalue weighted by Crippen LogP contribution is 2.33. The van der Waals surface area contributed by atoms with Gasteiger partial charge in [0, 0.05) is 29.2 Å². The molecule has 0 spiro atoms. The predicted molar refractivity (Wildman–Crippen MR) is 90.7 cm³/mol. The van der Waals surface area contributed by atoms with Gasteiger partial charge in [0.1, 0.15) is 0 Å². The van der Waals surface area contributed by atoms with Crippen LogP contribution in [0, 0.1) is 0 Å². The highest BCUT2D eigenvalue weighted by molar-refractivity contribution is 9.10. The highest BCUT2D eigenvalue weighted by Gasteiger charge is 2.14. The van der Waals surface area contributed by atoms with Crippen molar-refractivity contribution in [1.82, 2.24) is 5.32 Å². The quantitative estimate of drug-likeness (QED) is 0.850. The highest BCUT2D eigenvalue weighted by atomic mass is 79.9. The standard InChI is InChI=1S/C17H17BrClNO/c18-16-3-1-2-15(17(16)19)13-6-4-12(5-7-13)10-20-14-8-9-21-11-14/h1-7,14,20H,8-11H2. The Labute approximate surface area is 138 Å². The number of benzene rings is 2. The molecule has 110 valence electrons. The van der Waals surface area contributed by atoms with E-state index in [-0.39, 0.29) is 0 Å². The smallest absolute Gasteiger partial charge is 0.0626 e. The molecule has 0 saturated carbocycles. The van der Waals surface area contributed by atoms with E-state index in [1.807, 2.05) is 18.2 Å².